The number of aromatic nitrogens is 1. The van der Waals surface area contributed by atoms with Crippen molar-refractivity contribution in [3.05, 3.63) is 44.6 Å². The molecule has 35 heavy (non-hydrogen) atoms. The van der Waals surface area contributed by atoms with Crippen molar-refractivity contribution >= 4 is 57.1 Å². The molecule has 0 aliphatic heterocycles. The van der Waals surface area contributed by atoms with E-state index in [4.69, 9.17) is 10.5 Å². The number of hydrogen-bond acceptors (Lipinski definition) is 10. The van der Waals surface area contributed by atoms with Crippen molar-refractivity contribution in [3.8, 4) is 22.6 Å². The first-order valence-corrected chi connectivity index (χ1v) is 13.6. The van der Waals surface area contributed by atoms with Crippen molar-refractivity contribution < 1.29 is 14.3 Å². The van der Waals surface area contributed by atoms with Crippen LogP contribution in [0.3, 0.4) is 0 Å². The van der Waals surface area contributed by atoms with Crippen LogP contribution in [0.1, 0.15) is 51.7 Å². The summed E-state index contributed by atoms with van der Waals surface area (Å²) in [6.07, 6.45) is 3.71. The van der Waals surface area contributed by atoms with Crippen LogP contribution in [-0.2, 0) is 22.4 Å². The lowest BCUT2D eigenvalue weighted by Crippen LogP contribution is -2.17. The molecule has 11 heteroatoms. The number of esters is 1. The van der Waals surface area contributed by atoms with Gasteiger partial charge in [0.25, 0.3) is 0 Å². The minimum absolute atomic E-state index is 0.00772. The van der Waals surface area contributed by atoms with Gasteiger partial charge >= 0.3 is 5.97 Å². The lowest BCUT2D eigenvalue weighted by Gasteiger charge is -2.12. The fourth-order valence-electron chi connectivity index (χ4n) is 3.94. The Morgan fingerprint density at radius 1 is 1.26 bits per heavy atom. The number of anilines is 2. The fourth-order valence-corrected chi connectivity index (χ4v) is 6.81. The molecule has 0 saturated carbocycles. The molecule has 0 radical (unpaired) electrons. The summed E-state index contributed by atoms with van der Waals surface area (Å²) in [5.74, 6) is -0.815. The second kappa shape index (κ2) is 10.9. The Morgan fingerprint density at radius 3 is 2.71 bits per heavy atom. The lowest BCUT2D eigenvalue weighted by atomic mass is 9.95. The van der Waals surface area contributed by atoms with Gasteiger partial charge in [-0.1, -0.05) is 17.8 Å². The predicted molar refractivity (Wildman–Crippen MR) is 138 cm³/mol. The molecule has 1 aliphatic rings. The third-order valence-electron chi connectivity index (χ3n) is 5.43. The number of pyridine rings is 1. The Morgan fingerprint density at radius 2 is 2.03 bits per heavy atom. The standard InChI is InChI=1S/C24H21N5O3S3/c1-2-32-24(31)20-13-6-3-4-7-16(13)35-23(20)28-18(30)12-34-22-15(11-26)19(17-8-5-9-33-17)14(10-25)21(27)29-22/h5,8-9H,2-4,6-7,12H2,1H3,(H2,27,29)(H,28,30). The van der Waals surface area contributed by atoms with Crippen molar-refractivity contribution in [3.63, 3.8) is 0 Å². The molecule has 0 saturated heterocycles. The quantitative estimate of drug-likeness (QED) is 0.326. The second-order valence-electron chi connectivity index (χ2n) is 7.60. The Kier molecular flexibility index (Phi) is 7.71. The lowest BCUT2D eigenvalue weighted by molar-refractivity contribution is -0.113. The van der Waals surface area contributed by atoms with Gasteiger partial charge in [0.15, 0.2) is 0 Å². The third kappa shape index (κ3) is 5.03. The van der Waals surface area contributed by atoms with Crippen LogP contribution in [0.25, 0.3) is 10.4 Å². The minimum Gasteiger partial charge on any atom is -0.462 e. The first-order chi connectivity index (χ1) is 17.0. The van der Waals surface area contributed by atoms with E-state index < -0.39 is 5.97 Å². The summed E-state index contributed by atoms with van der Waals surface area (Å²) < 4.78 is 5.24. The van der Waals surface area contributed by atoms with Gasteiger partial charge in [0.1, 0.15) is 33.5 Å². The van der Waals surface area contributed by atoms with E-state index in [2.05, 4.69) is 16.4 Å². The van der Waals surface area contributed by atoms with Gasteiger partial charge in [-0.25, -0.2) is 9.78 Å². The summed E-state index contributed by atoms with van der Waals surface area (Å²) in [4.78, 5) is 31.6. The van der Waals surface area contributed by atoms with Crippen LogP contribution >= 0.6 is 34.4 Å². The highest BCUT2D eigenvalue weighted by atomic mass is 32.2. The van der Waals surface area contributed by atoms with E-state index in [1.807, 2.05) is 17.5 Å². The van der Waals surface area contributed by atoms with Crippen LogP contribution in [0.5, 0.6) is 0 Å². The average Bonchev–Trinajstić information content (AvgIpc) is 3.50. The third-order valence-corrected chi connectivity index (χ3v) is 8.50. The molecule has 0 bridgehead atoms. The Balaban J connectivity index is 1.59. The smallest absolute Gasteiger partial charge is 0.341 e. The maximum Gasteiger partial charge on any atom is 0.341 e. The molecule has 3 aromatic heterocycles. The van der Waals surface area contributed by atoms with E-state index in [1.165, 1.54) is 22.7 Å². The summed E-state index contributed by atoms with van der Waals surface area (Å²) >= 11 is 3.86. The second-order valence-corrected chi connectivity index (χ2v) is 10.6. The molecule has 3 heterocycles. The van der Waals surface area contributed by atoms with E-state index in [9.17, 15) is 20.1 Å². The first-order valence-electron chi connectivity index (χ1n) is 10.9. The number of carbonyl (C=O) groups is 2. The van der Waals surface area contributed by atoms with Crippen LogP contribution < -0.4 is 11.1 Å². The molecule has 0 aromatic carbocycles. The van der Waals surface area contributed by atoms with Gasteiger partial charge in [0.2, 0.25) is 5.91 Å². The monoisotopic (exact) mass is 523 g/mol. The van der Waals surface area contributed by atoms with Crippen molar-refractivity contribution in [2.75, 3.05) is 23.4 Å². The zero-order valence-electron chi connectivity index (χ0n) is 18.8. The normalized spacial score (nSPS) is 12.3. The molecular weight excluding hydrogens is 502 g/mol. The highest BCUT2D eigenvalue weighted by Gasteiger charge is 2.28. The number of carbonyl (C=O) groups excluding carboxylic acids is 2. The number of nitrogens with one attached hydrogen (secondary N) is 1. The molecule has 8 nitrogen and oxygen atoms in total. The highest BCUT2D eigenvalue weighted by Crippen LogP contribution is 2.40. The van der Waals surface area contributed by atoms with Crippen LogP contribution in [0.2, 0.25) is 0 Å². The summed E-state index contributed by atoms with van der Waals surface area (Å²) in [5, 5.41) is 24.9. The van der Waals surface area contributed by atoms with E-state index in [0.717, 1.165) is 52.8 Å². The van der Waals surface area contributed by atoms with Gasteiger partial charge in [0, 0.05) is 15.3 Å². The SMILES string of the molecule is CCOC(=O)c1c(NC(=O)CSc2nc(N)c(C#N)c(-c3cccs3)c2C#N)sc2c1CCCC2. The Bertz CT molecular complexity index is 1370. The number of nitrogens with zero attached hydrogens (tertiary/aromatic N) is 3. The van der Waals surface area contributed by atoms with Gasteiger partial charge < -0.3 is 15.8 Å². The van der Waals surface area contributed by atoms with Crippen molar-refractivity contribution in [1.82, 2.24) is 4.98 Å². The molecule has 0 unspecified atom stereocenters. The summed E-state index contributed by atoms with van der Waals surface area (Å²) in [5.41, 5.74) is 8.21. The highest BCUT2D eigenvalue weighted by molar-refractivity contribution is 8.00. The van der Waals surface area contributed by atoms with Crippen LogP contribution in [0.15, 0.2) is 22.5 Å². The molecular formula is C24H21N5O3S3. The average molecular weight is 524 g/mol. The number of rotatable bonds is 7. The van der Waals surface area contributed by atoms with E-state index in [0.29, 0.717) is 16.1 Å². The first kappa shape index (κ1) is 24.7. The number of thioether (sulfide) groups is 1. The fraction of sp³-hybridized carbons (Fsp3) is 0.292. The number of thiophene rings is 2. The van der Waals surface area contributed by atoms with Crippen LogP contribution in [0, 0.1) is 22.7 Å². The molecule has 178 valence electrons. The molecule has 1 amide bonds. The molecule has 1 aliphatic carbocycles. The van der Waals surface area contributed by atoms with Crippen molar-refractivity contribution in [2.45, 2.75) is 37.6 Å². The molecule has 4 rings (SSSR count). The van der Waals surface area contributed by atoms with E-state index in [1.54, 1.807) is 13.0 Å². The minimum atomic E-state index is -0.427. The van der Waals surface area contributed by atoms with Gasteiger partial charge in [-0.05, 0) is 49.6 Å². The Hall–Kier alpha value is -3.38. The largest absolute Gasteiger partial charge is 0.462 e. The zero-order valence-corrected chi connectivity index (χ0v) is 21.3. The summed E-state index contributed by atoms with van der Waals surface area (Å²) in [7, 11) is 0. The number of fused-ring (bicyclic) bond motifs is 1. The van der Waals surface area contributed by atoms with Crippen molar-refractivity contribution in [1.29, 1.82) is 10.5 Å². The van der Waals surface area contributed by atoms with Crippen molar-refractivity contribution in [2.24, 2.45) is 0 Å². The number of nitrogens with two attached hydrogens (primary N) is 1. The van der Waals surface area contributed by atoms with Crippen LogP contribution in [-0.4, -0.2) is 29.2 Å². The maximum atomic E-state index is 12.9. The summed E-state index contributed by atoms with van der Waals surface area (Å²) in [6.45, 7) is 2.00. The molecule has 3 aromatic rings. The van der Waals surface area contributed by atoms with Gasteiger partial charge in [-0.2, -0.15) is 10.5 Å². The van der Waals surface area contributed by atoms with Gasteiger partial charge in [0.05, 0.1) is 23.5 Å². The summed E-state index contributed by atoms with van der Waals surface area (Å²) in [6, 6.07) is 7.79. The number of ether oxygens (including phenoxy) is 1. The molecule has 0 spiro atoms. The maximum absolute atomic E-state index is 12.9. The van der Waals surface area contributed by atoms with Gasteiger partial charge in [-0.3, -0.25) is 4.79 Å². The number of aryl methyl sites for hydroxylation is 1. The zero-order chi connectivity index (χ0) is 24.9. The van der Waals surface area contributed by atoms with E-state index in [-0.39, 0.29) is 40.2 Å². The Labute approximate surface area is 214 Å². The van der Waals surface area contributed by atoms with E-state index >= 15 is 0 Å². The number of amides is 1. The molecule has 0 atom stereocenters. The van der Waals surface area contributed by atoms with Gasteiger partial charge in [-0.15, -0.1) is 22.7 Å². The number of nitriles is 2. The topological polar surface area (TPSA) is 142 Å². The van der Waals surface area contributed by atoms with Crippen LogP contribution in [0.4, 0.5) is 10.8 Å². The number of nitrogen functional groups attached to an aromatic ring is 1. The predicted octanol–water partition coefficient (Wildman–Crippen LogP) is 4.98. The number of hydrogen-bond donors (Lipinski definition) is 2. The molecule has 3 N–H and O–H groups in total. The molecule has 0 fully saturated rings.